The van der Waals surface area contributed by atoms with Gasteiger partial charge in [0.05, 0.1) is 53.1 Å². The molecule has 0 unspecified atom stereocenters. The number of nitrogens with zero attached hydrogens (tertiary/aromatic N) is 7. The summed E-state index contributed by atoms with van der Waals surface area (Å²) < 4.78 is 5.44. The van der Waals surface area contributed by atoms with Gasteiger partial charge in [0.2, 0.25) is 0 Å². The lowest BCUT2D eigenvalue weighted by Gasteiger charge is -2.27. The molecule has 3 aromatic heterocycles. The van der Waals surface area contributed by atoms with Crippen molar-refractivity contribution in [3.05, 3.63) is 90.3 Å². The third-order valence-electron chi connectivity index (χ3n) is 7.15. The first-order valence-corrected chi connectivity index (χ1v) is 13.5. The van der Waals surface area contributed by atoms with Crippen molar-refractivity contribution in [3.8, 4) is 0 Å². The molecule has 0 aliphatic heterocycles. The zero-order valence-electron chi connectivity index (χ0n) is 22.9. The Morgan fingerprint density at radius 2 is 0.791 bits per heavy atom. The van der Waals surface area contributed by atoms with E-state index in [-0.39, 0.29) is 39.3 Å². The minimum atomic E-state index is -1.03. The summed E-state index contributed by atoms with van der Waals surface area (Å²) >= 11 is 0. The molecule has 13 nitrogen and oxygen atoms in total. The Bertz CT molecular complexity index is 1780. The van der Waals surface area contributed by atoms with Crippen LogP contribution in [0.4, 0.5) is 0 Å². The van der Waals surface area contributed by atoms with E-state index in [1.807, 2.05) is 91.4 Å². The lowest BCUT2D eigenvalue weighted by Crippen LogP contribution is -2.33. The number of rotatable bonds is 12. The van der Waals surface area contributed by atoms with Crippen molar-refractivity contribution in [3.63, 3.8) is 0 Å². The van der Waals surface area contributed by atoms with Crippen molar-refractivity contribution in [1.29, 1.82) is 0 Å². The third kappa shape index (κ3) is 5.65. The molecule has 0 fully saturated rings. The van der Waals surface area contributed by atoms with Gasteiger partial charge in [0.1, 0.15) is 36.7 Å². The molecular weight excluding hydrogens is 554 g/mol. The van der Waals surface area contributed by atoms with E-state index < -0.39 is 17.9 Å². The number of aromatic nitrogens is 6. The number of benzene rings is 3. The van der Waals surface area contributed by atoms with Gasteiger partial charge in [-0.25, -0.2) is 19.9 Å². The smallest absolute Gasteiger partial charge is 0.311 e. The Morgan fingerprint density at radius 3 is 1.07 bits per heavy atom. The number of fused-ring (bicyclic) bond motifs is 3. The molecule has 0 aliphatic carbocycles. The van der Waals surface area contributed by atoms with Gasteiger partial charge < -0.3 is 29.0 Å². The summed E-state index contributed by atoms with van der Waals surface area (Å²) in [4.78, 5) is 51.0. The highest BCUT2D eigenvalue weighted by molar-refractivity contribution is 5.80. The van der Waals surface area contributed by atoms with Crippen molar-refractivity contribution in [2.75, 3.05) is 0 Å². The van der Waals surface area contributed by atoms with Crippen LogP contribution in [0, 0.1) is 0 Å². The van der Waals surface area contributed by atoms with Crippen LogP contribution in [0.5, 0.6) is 0 Å². The second-order valence-electron chi connectivity index (χ2n) is 10.1. The predicted molar refractivity (Wildman–Crippen MR) is 155 cm³/mol. The molecule has 0 radical (unpaired) electrons. The first kappa shape index (κ1) is 27.6. The average molecular weight is 582 g/mol. The third-order valence-corrected chi connectivity index (χ3v) is 7.15. The molecule has 3 aromatic carbocycles. The van der Waals surface area contributed by atoms with Gasteiger partial charge in [-0.15, -0.1) is 0 Å². The number of carboxylic acid groups (broad SMARTS) is 3. The van der Waals surface area contributed by atoms with E-state index in [9.17, 15) is 29.7 Å². The molecule has 218 valence electrons. The number of carboxylic acids is 3. The molecule has 0 saturated heterocycles. The fraction of sp³-hybridized carbons (Fsp3) is 0.200. The summed E-state index contributed by atoms with van der Waals surface area (Å²) in [5, 5.41) is 28.9. The largest absolute Gasteiger partial charge is 0.481 e. The SMILES string of the molecule is O=C(O)Cc1nc2ccccc2n1CN(Cn1c(CC(=O)O)nc2ccccc21)Cn1c(CC(=O)O)nc2ccccc21. The first-order chi connectivity index (χ1) is 20.8. The maximum absolute atomic E-state index is 11.8. The standard InChI is InChI=1S/C30H27N7O6/c38-28(39)13-25-31-19-7-1-4-10-22(19)35(25)16-34(17-36-23-11-5-2-8-20(23)32-26(36)14-29(40)41)18-37-24-12-6-3-9-21(24)33-27(37)15-30(42)43/h1-12H,13-18H2,(H,38,39)(H,40,41)(H,42,43). The number of aliphatic carboxylic acids is 3. The van der Waals surface area contributed by atoms with Crippen LogP contribution in [0.25, 0.3) is 33.1 Å². The Labute approximate surface area is 243 Å². The molecule has 6 aromatic rings. The summed E-state index contributed by atoms with van der Waals surface area (Å²) in [5.74, 6) is -2.05. The molecule has 3 N–H and O–H groups in total. The fourth-order valence-electron chi connectivity index (χ4n) is 5.39. The van der Waals surface area contributed by atoms with Crippen molar-refractivity contribution in [2.24, 2.45) is 0 Å². The molecule has 43 heavy (non-hydrogen) atoms. The number of hydrogen-bond acceptors (Lipinski definition) is 7. The van der Waals surface area contributed by atoms with E-state index in [2.05, 4.69) is 15.0 Å². The molecule has 0 aliphatic rings. The van der Waals surface area contributed by atoms with Crippen molar-refractivity contribution in [1.82, 2.24) is 33.6 Å². The number of hydrogen-bond donors (Lipinski definition) is 3. The zero-order chi connectivity index (χ0) is 30.1. The second-order valence-corrected chi connectivity index (χ2v) is 10.1. The Kier molecular flexibility index (Phi) is 7.30. The minimum absolute atomic E-state index is 0.154. The van der Waals surface area contributed by atoms with Gasteiger partial charge >= 0.3 is 17.9 Å². The highest BCUT2D eigenvalue weighted by Crippen LogP contribution is 2.23. The maximum Gasteiger partial charge on any atom is 0.311 e. The molecule has 0 spiro atoms. The van der Waals surface area contributed by atoms with Crippen LogP contribution in [0.15, 0.2) is 72.8 Å². The average Bonchev–Trinajstić information content (AvgIpc) is 3.59. The van der Waals surface area contributed by atoms with E-state index in [0.29, 0.717) is 34.0 Å². The van der Waals surface area contributed by atoms with Gasteiger partial charge in [-0.2, -0.15) is 0 Å². The fourth-order valence-corrected chi connectivity index (χ4v) is 5.39. The minimum Gasteiger partial charge on any atom is -0.481 e. The first-order valence-electron chi connectivity index (χ1n) is 13.5. The Hall–Kier alpha value is -5.56. The van der Waals surface area contributed by atoms with Gasteiger partial charge in [-0.3, -0.25) is 14.4 Å². The van der Waals surface area contributed by atoms with Gasteiger partial charge in [0.25, 0.3) is 0 Å². The quantitative estimate of drug-likeness (QED) is 0.195. The molecule has 6 rings (SSSR count). The van der Waals surface area contributed by atoms with E-state index in [1.165, 1.54) is 0 Å². The zero-order valence-corrected chi connectivity index (χ0v) is 22.9. The van der Waals surface area contributed by atoms with Crippen molar-refractivity contribution >= 4 is 51.0 Å². The van der Waals surface area contributed by atoms with Crippen LogP contribution in [0.3, 0.4) is 0 Å². The lowest BCUT2D eigenvalue weighted by molar-refractivity contribution is -0.137. The lowest BCUT2D eigenvalue weighted by atomic mass is 10.3. The Balaban J connectivity index is 1.50. The number of carbonyl (C=O) groups is 3. The molecular formula is C30H27N7O6. The van der Waals surface area contributed by atoms with E-state index in [4.69, 9.17) is 0 Å². The van der Waals surface area contributed by atoms with E-state index in [1.54, 1.807) is 0 Å². The number of imidazole rings is 3. The van der Waals surface area contributed by atoms with Gasteiger partial charge in [0, 0.05) is 0 Å². The van der Waals surface area contributed by atoms with Crippen LogP contribution < -0.4 is 0 Å². The highest BCUT2D eigenvalue weighted by Gasteiger charge is 2.22. The summed E-state index contributed by atoms with van der Waals surface area (Å²) in [5.41, 5.74) is 4.10. The van der Waals surface area contributed by atoms with Crippen LogP contribution >= 0.6 is 0 Å². The maximum atomic E-state index is 11.8. The molecule has 13 heteroatoms. The second kappa shape index (κ2) is 11.4. The molecule has 0 bridgehead atoms. The van der Waals surface area contributed by atoms with Crippen LogP contribution in [-0.2, 0) is 53.7 Å². The molecule has 3 heterocycles. The monoisotopic (exact) mass is 581 g/mol. The predicted octanol–water partition coefficient (Wildman–Crippen LogP) is 3.19. The number of para-hydroxylation sites is 6. The Morgan fingerprint density at radius 1 is 0.512 bits per heavy atom. The van der Waals surface area contributed by atoms with Crippen molar-refractivity contribution < 1.29 is 29.7 Å². The van der Waals surface area contributed by atoms with Crippen molar-refractivity contribution in [2.45, 2.75) is 39.3 Å². The van der Waals surface area contributed by atoms with Crippen LogP contribution in [0.2, 0.25) is 0 Å². The highest BCUT2D eigenvalue weighted by atomic mass is 16.4. The van der Waals surface area contributed by atoms with Crippen LogP contribution in [-0.4, -0.2) is 66.8 Å². The normalized spacial score (nSPS) is 11.7. The van der Waals surface area contributed by atoms with E-state index >= 15 is 0 Å². The van der Waals surface area contributed by atoms with E-state index in [0.717, 1.165) is 16.6 Å². The molecule has 0 saturated carbocycles. The summed E-state index contributed by atoms with van der Waals surface area (Å²) in [7, 11) is 0. The topological polar surface area (TPSA) is 169 Å². The van der Waals surface area contributed by atoms with Crippen LogP contribution in [0.1, 0.15) is 17.5 Å². The summed E-state index contributed by atoms with van der Waals surface area (Å²) in [6.45, 7) is 0.462. The summed E-state index contributed by atoms with van der Waals surface area (Å²) in [6.07, 6.45) is -0.919. The molecule has 0 atom stereocenters. The molecule has 0 amide bonds. The van der Waals surface area contributed by atoms with Gasteiger partial charge in [-0.1, -0.05) is 36.4 Å². The summed E-state index contributed by atoms with van der Waals surface area (Å²) in [6, 6.07) is 22.0. The van der Waals surface area contributed by atoms with Gasteiger partial charge in [-0.05, 0) is 36.4 Å². The van der Waals surface area contributed by atoms with Gasteiger partial charge in [0.15, 0.2) is 0 Å².